The first-order valence-electron chi connectivity index (χ1n) is 15.4. The summed E-state index contributed by atoms with van der Waals surface area (Å²) in [5.41, 5.74) is 2.37. The fraction of sp³-hybridized carbons (Fsp3) is 0.485. The second-order valence-corrected chi connectivity index (χ2v) is 12.4. The lowest BCUT2D eigenvalue weighted by molar-refractivity contribution is -0.145. The van der Waals surface area contributed by atoms with Gasteiger partial charge in [-0.3, -0.25) is 9.48 Å². The van der Waals surface area contributed by atoms with Crippen molar-refractivity contribution >= 4 is 29.2 Å². The standard InChI is InChI=1S/C33H36ClF3N4O3/c1-2-44-32(43)28-19-38-41(30(28)33(35,36)37)26-4-3-15-40(20-26)29-18-25(34)11-12-27(29)23-7-5-21(6-8-23)22-13-16-39(17-14-22)31(42)24-9-10-24/h5-8,11-12,18-19,22,24,26H,2-4,9-10,13-17,20H2,1H3. The SMILES string of the molecule is CCOC(=O)c1cnn(C2CCCN(c3cc(Cl)ccc3-c3ccc(C4CCN(C(=O)C5CC5)CC4)cc3)C2)c1C(F)(F)F. The number of aromatic nitrogens is 2. The molecule has 2 saturated heterocycles. The van der Waals surface area contributed by atoms with Crippen LogP contribution in [0.1, 0.15) is 79.0 Å². The van der Waals surface area contributed by atoms with Gasteiger partial charge in [-0.05, 0) is 74.6 Å². The number of alkyl halides is 3. The van der Waals surface area contributed by atoms with Crippen LogP contribution in [0.4, 0.5) is 18.9 Å². The second kappa shape index (κ2) is 12.5. The van der Waals surface area contributed by atoms with Crippen LogP contribution in [0.5, 0.6) is 0 Å². The summed E-state index contributed by atoms with van der Waals surface area (Å²) in [6.07, 6.45) is 1.27. The van der Waals surface area contributed by atoms with E-state index in [0.29, 0.717) is 36.2 Å². The van der Waals surface area contributed by atoms with Crippen molar-refractivity contribution < 1.29 is 27.5 Å². The first-order chi connectivity index (χ1) is 21.1. The van der Waals surface area contributed by atoms with E-state index < -0.39 is 29.4 Å². The maximum Gasteiger partial charge on any atom is 0.433 e. The van der Waals surface area contributed by atoms with E-state index in [0.717, 1.165) is 66.5 Å². The first kappa shape index (κ1) is 30.5. The molecule has 1 amide bonds. The molecular formula is C33H36ClF3N4O3. The number of likely N-dealkylation sites (tertiary alicyclic amines) is 1. The van der Waals surface area contributed by atoms with E-state index in [9.17, 15) is 22.8 Å². The van der Waals surface area contributed by atoms with Crippen molar-refractivity contribution in [2.45, 2.75) is 63.6 Å². The van der Waals surface area contributed by atoms with Gasteiger partial charge in [0.25, 0.3) is 0 Å². The average Bonchev–Trinajstić information content (AvgIpc) is 3.77. The summed E-state index contributed by atoms with van der Waals surface area (Å²) < 4.78 is 48.4. The zero-order valence-electron chi connectivity index (χ0n) is 24.7. The second-order valence-electron chi connectivity index (χ2n) is 12.0. The highest BCUT2D eigenvalue weighted by atomic mass is 35.5. The lowest BCUT2D eigenvalue weighted by Crippen LogP contribution is -2.38. The number of halogens is 4. The van der Waals surface area contributed by atoms with Crippen molar-refractivity contribution in [1.29, 1.82) is 0 Å². The predicted molar refractivity (Wildman–Crippen MR) is 162 cm³/mol. The summed E-state index contributed by atoms with van der Waals surface area (Å²) >= 11 is 6.44. The summed E-state index contributed by atoms with van der Waals surface area (Å²) in [6.45, 7) is 4.04. The Morgan fingerprint density at radius 3 is 2.39 bits per heavy atom. The van der Waals surface area contributed by atoms with Crippen LogP contribution in [0, 0.1) is 5.92 Å². The van der Waals surface area contributed by atoms with Gasteiger partial charge in [0.05, 0.1) is 18.8 Å². The fourth-order valence-electron chi connectivity index (χ4n) is 6.62. The predicted octanol–water partition coefficient (Wildman–Crippen LogP) is 7.36. The molecule has 44 heavy (non-hydrogen) atoms. The Labute approximate surface area is 259 Å². The van der Waals surface area contributed by atoms with Gasteiger partial charge in [0.1, 0.15) is 5.56 Å². The monoisotopic (exact) mass is 628 g/mol. The summed E-state index contributed by atoms with van der Waals surface area (Å²) in [5, 5.41) is 4.57. The molecule has 1 unspecified atom stereocenters. The Morgan fingerprint density at radius 2 is 1.73 bits per heavy atom. The smallest absolute Gasteiger partial charge is 0.433 e. The van der Waals surface area contributed by atoms with Gasteiger partial charge < -0.3 is 14.5 Å². The molecule has 11 heteroatoms. The van der Waals surface area contributed by atoms with E-state index in [2.05, 4.69) is 34.3 Å². The van der Waals surface area contributed by atoms with Gasteiger partial charge in [-0.1, -0.05) is 41.9 Å². The number of amides is 1. The molecule has 6 rings (SSSR count). The molecule has 1 aromatic heterocycles. The minimum Gasteiger partial charge on any atom is -0.462 e. The molecule has 3 aromatic rings. The molecule has 1 saturated carbocycles. The minimum absolute atomic E-state index is 0.0301. The van der Waals surface area contributed by atoms with Gasteiger partial charge in [-0.15, -0.1) is 0 Å². The fourth-order valence-corrected chi connectivity index (χ4v) is 6.79. The van der Waals surface area contributed by atoms with Gasteiger partial charge in [-0.25, -0.2) is 4.79 Å². The number of rotatable bonds is 7. The number of carbonyl (C=O) groups excluding carboxylic acids is 2. The molecule has 3 fully saturated rings. The number of esters is 1. The molecule has 1 aliphatic carbocycles. The molecule has 2 aliphatic heterocycles. The molecule has 3 heterocycles. The normalized spacial score (nSPS) is 19.7. The van der Waals surface area contributed by atoms with Gasteiger partial charge >= 0.3 is 12.1 Å². The van der Waals surface area contributed by atoms with Crippen LogP contribution >= 0.6 is 11.6 Å². The zero-order valence-corrected chi connectivity index (χ0v) is 25.4. The van der Waals surface area contributed by atoms with Crippen molar-refractivity contribution in [2.24, 2.45) is 5.92 Å². The summed E-state index contributed by atoms with van der Waals surface area (Å²) in [6, 6.07) is 13.5. The van der Waals surface area contributed by atoms with Crippen LogP contribution in [0.2, 0.25) is 5.02 Å². The highest BCUT2D eigenvalue weighted by Crippen LogP contribution is 2.40. The highest BCUT2D eigenvalue weighted by molar-refractivity contribution is 6.31. The number of carbonyl (C=O) groups is 2. The molecule has 7 nitrogen and oxygen atoms in total. The number of benzene rings is 2. The Kier molecular flexibility index (Phi) is 8.64. The number of nitrogens with zero attached hydrogens (tertiary/aromatic N) is 4. The van der Waals surface area contributed by atoms with Crippen molar-refractivity contribution in [3.05, 3.63) is 70.5 Å². The Hall–Kier alpha value is -3.53. The molecule has 0 N–H and O–H groups in total. The largest absolute Gasteiger partial charge is 0.462 e. The minimum atomic E-state index is -4.77. The lowest BCUT2D eigenvalue weighted by Gasteiger charge is -2.36. The quantitative estimate of drug-likeness (QED) is 0.256. The number of piperidine rings is 2. The van der Waals surface area contributed by atoms with Gasteiger partial charge in [0.15, 0.2) is 5.69 Å². The van der Waals surface area contributed by atoms with Crippen LogP contribution in [0.25, 0.3) is 11.1 Å². The van der Waals surface area contributed by atoms with E-state index >= 15 is 0 Å². The molecule has 3 aliphatic rings. The third-order valence-electron chi connectivity index (χ3n) is 9.03. The third-order valence-corrected chi connectivity index (χ3v) is 9.26. The van der Waals surface area contributed by atoms with E-state index in [1.807, 2.05) is 23.1 Å². The molecule has 2 aromatic carbocycles. The van der Waals surface area contributed by atoms with Crippen LogP contribution in [0.15, 0.2) is 48.7 Å². The lowest BCUT2D eigenvalue weighted by atomic mass is 9.88. The van der Waals surface area contributed by atoms with E-state index in [1.165, 1.54) is 5.56 Å². The van der Waals surface area contributed by atoms with E-state index in [-0.39, 0.29) is 19.1 Å². The topological polar surface area (TPSA) is 67.7 Å². The van der Waals surface area contributed by atoms with Crippen LogP contribution in [-0.4, -0.2) is 59.3 Å². The molecule has 0 bridgehead atoms. The molecule has 234 valence electrons. The van der Waals surface area contributed by atoms with Crippen molar-refractivity contribution in [3.8, 4) is 11.1 Å². The first-order valence-corrected chi connectivity index (χ1v) is 15.8. The van der Waals surface area contributed by atoms with Gasteiger partial charge in [-0.2, -0.15) is 18.3 Å². The zero-order chi connectivity index (χ0) is 31.0. The highest BCUT2D eigenvalue weighted by Gasteiger charge is 2.43. The van der Waals surface area contributed by atoms with Crippen LogP contribution < -0.4 is 4.90 Å². The van der Waals surface area contributed by atoms with Crippen LogP contribution in [0.3, 0.4) is 0 Å². The maximum atomic E-state index is 14.2. The maximum absolute atomic E-state index is 14.2. The summed E-state index contributed by atoms with van der Waals surface area (Å²) in [4.78, 5) is 28.8. The number of hydrogen-bond acceptors (Lipinski definition) is 5. The Morgan fingerprint density at radius 1 is 1.00 bits per heavy atom. The Bertz CT molecular complexity index is 1510. The van der Waals surface area contributed by atoms with Gasteiger partial charge in [0, 0.05) is 48.4 Å². The van der Waals surface area contributed by atoms with Crippen LogP contribution in [-0.2, 0) is 15.7 Å². The number of hydrogen-bond donors (Lipinski definition) is 0. The Balaban J connectivity index is 1.21. The van der Waals surface area contributed by atoms with Crippen molar-refractivity contribution in [3.63, 3.8) is 0 Å². The summed E-state index contributed by atoms with van der Waals surface area (Å²) in [5.74, 6) is -0.0635. The summed E-state index contributed by atoms with van der Waals surface area (Å²) in [7, 11) is 0. The van der Waals surface area contributed by atoms with Gasteiger partial charge in [0.2, 0.25) is 5.91 Å². The van der Waals surface area contributed by atoms with Crippen molar-refractivity contribution in [1.82, 2.24) is 14.7 Å². The molecule has 0 radical (unpaired) electrons. The average molecular weight is 629 g/mol. The third kappa shape index (κ3) is 6.32. The van der Waals surface area contributed by atoms with E-state index in [1.54, 1.807) is 6.92 Å². The number of ether oxygens (including phenoxy) is 1. The molecule has 1 atom stereocenters. The van der Waals surface area contributed by atoms with Crippen molar-refractivity contribution in [2.75, 3.05) is 37.7 Å². The molecule has 0 spiro atoms. The van der Waals surface area contributed by atoms with E-state index in [4.69, 9.17) is 16.3 Å². The molecular weight excluding hydrogens is 593 g/mol. The number of anilines is 1.